The fourth-order valence-corrected chi connectivity index (χ4v) is 2.70. The molecule has 0 amide bonds. The second kappa shape index (κ2) is 8.72. The molecule has 0 heterocycles. The summed E-state index contributed by atoms with van der Waals surface area (Å²) in [4.78, 5) is 2.54. The maximum Gasteiger partial charge on any atom is 0.0247 e. The quantitative estimate of drug-likeness (QED) is 0.721. The standard InChI is InChI=1S/C16H27BrN2/c1-4-5-6-9-19(13(2)3)12-15-8-7-14(11-18)10-16(15)17/h7-8,10,13H,4-6,9,11-12,18H2,1-3H3. The highest BCUT2D eigenvalue weighted by atomic mass is 79.9. The fourth-order valence-electron chi connectivity index (χ4n) is 2.15. The van der Waals surface area contributed by atoms with Gasteiger partial charge in [-0.05, 0) is 44.0 Å². The zero-order valence-corrected chi connectivity index (χ0v) is 14.0. The van der Waals surface area contributed by atoms with Crippen LogP contribution in [0, 0.1) is 0 Å². The Morgan fingerprint density at radius 3 is 2.53 bits per heavy atom. The first-order valence-electron chi connectivity index (χ1n) is 7.29. The van der Waals surface area contributed by atoms with Crippen molar-refractivity contribution in [1.29, 1.82) is 0 Å². The van der Waals surface area contributed by atoms with Crippen molar-refractivity contribution in [2.75, 3.05) is 6.54 Å². The van der Waals surface area contributed by atoms with E-state index in [-0.39, 0.29) is 0 Å². The topological polar surface area (TPSA) is 29.3 Å². The van der Waals surface area contributed by atoms with Gasteiger partial charge in [-0.15, -0.1) is 0 Å². The zero-order chi connectivity index (χ0) is 14.3. The highest BCUT2D eigenvalue weighted by molar-refractivity contribution is 9.10. The van der Waals surface area contributed by atoms with E-state index in [0.717, 1.165) is 6.54 Å². The summed E-state index contributed by atoms with van der Waals surface area (Å²) in [5.74, 6) is 0. The zero-order valence-electron chi connectivity index (χ0n) is 12.5. The van der Waals surface area contributed by atoms with Crippen LogP contribution in [0.25, 0.3) is 0 Å². The molecule has 19 heavy (non-hydrogen) atoms. The van der Waals surface area contributed by atoms with Crippen LogP contribution in [-0.2, 0) is 13.1 Å². The van der Waals surface area contributed by atoms with E-state index in [2.05, 4.69) is 59.8 Å². The van der Waals surface area contributed by atoms with Gasteiger partial charge in [0.15, 0.2) is 0 Å². The summed E-state index contributed by atoms with van der Waals surface area (Å²) < 4.78 is 1.18. The molecule has 0 aromatic heterocycles. The number of nitrogens with two attached hydrogens (primary N) is 1. The van der Waals surface area contributed by atoms with Crippen molar-refractivity contribution >= 4 is 15.9 Å². The van der Waals surface area contributed by atoms with Crippen LogP contribution < -0.4 is 5.73 Å². The van der Waals surface area contributed by atoms with Crippen LogP contribution in [0.4, 0.5) is 0 Å². The monoisotopic (exact) mass is 326 g/mol. The second-order valence-corrected chi connectivity index (χ2v) is 6.26. The summed E-state index contributed by atoms with van der Waals surface area (Å²) >= 11 is 3.67. The molecular formula is C16H27BrN2. The van der Waals surface area contributed by atoms with E-state index in [0.29, 0.717) is 12.6 Å². The summed E-state index contributed by atoms with van der Waals surface area (Å²) in [5, 5.41) is 0. The van der Waals surface area contributed by atoms with Gasteiger partial charge in [0.05, 0.1) is 0 Å². The lowest BCUT2D eigenvalue weighted by atomic mass is 10.1. The van der Waals surface area contributed by atoms with Crippen LogP contribution in [0.3, 0.4) is 0 Å². The lowest BCUT2D eigenvalue weighted by Gasteiger charge is -2.27. The molecule has 0 saturated heterocycles. The molecule has 0 unspecified atom stereocenters. The van der Waals surface area contributed by atoms with Gasteiger partial charge in [0.1, 0.15) is 0 Å². The van der Waals surface area contributed by atoms with Crippen LogP contribution in [0.5, 0.6) is 0 Å². The third-order valence-electron chi connectivity index (χ3n) is 3.51. The number of halogens is 1. The van der Waals surface area contributed by atoms with Crippen molar-refractivity contribution in [1.82, 2.24) is 4.90 Å². The Balaban J connectivity index is 2.67. The summed E-state index contributed by atoms with van der Waals surface area (Å²) in [5.41, 5.74) is 8.20. The third kappa shape index (κ3) is 5.64. The molecule has 0 spiro atoms. The Labute approximate surface area is 126 Å². The number of hydrogen-bond donors (Lipinski definition) is 1. The third-order valence-corrected chi connectivity index (χ3v) is 4.24. The minimum atomic E-state index is 0.581. The van der Waals surface area contributed by atoms with Gasteiger partial charge in [0, 0.05) is 23.6 Å². The van der Waals surface area contributed by atoms with E-state index < -0.39 is 0 Å². The molecule has 1 rings (SSSR count). The molecule has 0 aliphatic rings. The van der Waals surface area contributed by atoms with E-state index in [1.54, 1.807) is 0 Å². The normalized spacial score (nSPS) is 11.5. The van der Waals surface area contributed by atoms with E-state index >= 15 is 0 Å². The maximum absolute atomic E-state index is 5.67. The molecule has 2 nitrogen and oxygen atoms in total. The van der Waals surface area contributed by atoms with Gasteiger partial charge in [-0.1, -0.05) is 47.8 Å². The van der Waals surface area contributed by atoms with E-state index in [9.17, 15) is 0 Å². The van der Waals surface area contributed by atoms with Crippen molar-refractivity contribution in [3.63, 3.8) is 0 Å². The van der Waals surface area contributed by atoms with Crippen LogP contribution in [0.1, 0.15) is 51.2 Å². The van der Waals surface area contributed by atoms with Gasteiger partial charge in [-0.2, -0.15) is 0 Å². The molecule has 0 aliphatic carbocycles. The first-order valence-corrected chi connectivity index (χ1v) is 8.09. The van der Waals surface area contributed by atoms with Crippen molar-refractivity contribution in [2.24, 2.45) is 5.73 Å². The number of nitrogens with zero attached hydrogens (tertiary/aromatic N) is 1. The Morgan fingerprint density at radius 2 is 2.00 bits per heavy atom. The van der Waals surface area contributed by atoms with Crippen LogP contribution >= 0.6 is 15.9 Å². The van der Waals surface area contributed by atoms with Crippen LogP contribution in [0.2, 0.25) is 0 Å². The van der Waals surface area contributed by atoms with E-state index in [1.165, 1.54) is 41.4 Å². The SMILES string of the molecule is CCCCCN(Cc1ccc(CN)cc1Br)C(C)C. The molecule has 0 radical (unpaired) electrons. The fraction of sp³-hybridized carbons (Fsp3) is 0.625. The average Bonchev–Trinajstić information content (AvgIpc) is 2.39. The van der Waals surface area contributed by atoms with Gasteiger partial charge < -0.3 is 5.73 Å². The predicted molar refractivity (Wildman–Crippen MR) is 87.1 cm³/mol. The lowest BCUT2D eigenvalue weighted by molar-refractivity contribution is 0.208. The molecule has 0 saturated carbocycles. The highest BCUT2D eigenvalue weighted by Gasteiger charge is 2.11. The van der Waals surface area contributed by atoms with Crippen molar-refractivity contribution in [3.8, 4) is 0 Å². The van der Waals surface area contributed by atoms with Gasteiger partial charge in [-0.25, -0.2) is 0 Å². The molecule has 1 aromatic rings. The van der Waals surface area contributed by atoms with Gasteiger partial charge in [-0.3, -0.25) is 4.90 Å². The first kappa shape index (κ1) is 16.7. The highest BCUT2D eigenvalue weighted by Crippen LogP contribution is 2.21. The summed E-state index contributed by atoms with van der Waals surface area (Å²) in [6.07, 6.45) is 3.88. The molecule has 3 heteroatoms. The lowest BCUT2D eigenvalue weighted by Crippen LogP contribution is -2.31. The van der Waals surface area contributed by atoms with E-state index in [1.807, 2.05) is 0 Å². The molecule has 0 bridgehead atoms. The van der Waals surface area contributed by atoms with Gasteiger partial charge in [0.2, 0.25) is 0 Å². The Morgan fingerprint density at radius 1 is 1.26 bits per heavy atom. The largest absolute Gasteiger partial charge is 0.326 e. The first-order chi connectivity index (χ1) is 9.08. The molecule has 0 atom stereocenters. The Hall–Kier alpha value is -0.380. The minimum absolute atomic E-state index is 0.581. The predicted octanol–water partition coefficient (Wildman–Crippen LogP) is 4.31. The summed E-state index contributed by atoms with van der Waals surface area (Å²) in [7, 11) is 0. The molecule has 108 valence electrons. The summed E-state index contributed by atoms with van der Waals surface area (Å²) in [6.45, 7) is 9.58. The average molecular weight is 327 g/mol. The van der Waals surface area contributed by atoms with E-state index in [4.69, 9.17) is 5.73 Å². The maximum atomic E-state index is 5.67. The van der Waals surface area contributed by atoms with Gasteiger partial charge in [0.25, 0.3) is 0 Å². The number of hydrogen-bond acceptors (Lipinski definition) is 2. The molecule has 2 N–H and O–H groups in total. The second-order valence-electron chi connectivity index (χ2n) is 5.40. The Bertz CT molecular complexity index is 377. The summed E-state index contributed by atoms with van der Waals surface area (Å²) in [6, 6.07) is 7.05. The molecular weight excluding hydrogens is 300 g/mol. The smallest absolute Gasteiger partial charge is 0.0247 e. The molecule has 0 fully saturated rings. The van der Waals surface area contributed by atoms with Crippen LogP contribution in [-0.4, -0.2) is 17.5 Å². The van der Waals surface area contributed by atoms with Gasteiger partial charge >= 0.3 is 0 Å². The Kier molecular flexibility index (Phi) is 7.66. The molecule has 1 aromatic carbocycles. The molecule has 0 aliphatic heterocycles. The van der Waals surface area contributed by atoms with Crippen LogP contribution in [0.15, 0.2) is 22.7 Å². The minimum Gasteiger partial charge on any atom is -0.326 e. The van der Waals surface area contributed by atoms with Crippen molar-refractivity contribution in [3.05, 3.63) is 33.8 Å². The van der Waals surface area contributed by atoms with Crippen molar-refractivity contribution < 1.29 is 0 Å². The van der Waals surface area contributed by atoms with Crippen molar-refractivity contribution in [2.45, 2.75) is 59.2 Å². The number of benzene rings is 1. The number of rotatable bonds is 8. The number of unbranched alkanes of at least 4 members (excludes halogenated alkanes) is 2.